The van der Waals surface area contributed by atoms with Gasteiger partial charge in [0.2, 0.25) is 0 Å². The first kappa shape index (κ1) is 18.4. The van der Waals surface area contributed by atoms with Crippen molar-refractivity contribution in [3.05, 3.63) is 85.3 Å². The normalized spacial score (nSPS) is 14.2. The highest BCUT2D eigenvalue weighted by Gasteiger charge is 2.24. The summed E-state index contributed by atoms with van der Waals surface area (Å²) >= 11 is 3.96. The molecule has 2 heterocycles. The van der Waals surface area contributed by atoms with Gasteiger partial charge in [-0.3, -0.25) is 4.90 Å². The van der Waals surface area contributed by atoms with Crippen molar-refractivity contribution in [2.45, 2.75) is 19.5 Å². The fourth-order valence-corrected chi connectivity index (χ4v) is 5.10. The predicted molar refractivity (Wildman–Crippen MR) is 120 cm³/mol. The molecule has 0 unspecified atom stereocenters. The Morgan fingerprint density at radius 3 is 2.81 bits per heavy atom. The summed E-state index contributed by atoms with van der Waals surface area (Å²) in [5.74, 6) is 0. The van der Waals surface area contributed by atoms with Crippen molar-refractivity contribution in [1.82, 2.24) is 4.90 Å². The lowest BCUT2D eigenvalue weighted by Gasteiger charge is -2.26. The maximum Gasteiger partial charge on any atom is 0.134 e. The first-order valence-electron chi connectivity index (χ1n) is 8.83. The number of thiophene rings is 1. The highest BCUT2D eigenvalue weighted by atomic mass is 127. The van der Waals surface area contributed by atoms with Gasteiger partial charge in [0.15, 0.2) is 0 Å². The van der Waals surface area contributed by atoms with Gasteiger partial charge in [0.25, 0.3) is 0 Å². The van der Waals surface area contributed by atoms with E-state index in [4.69, 9.17) is 0 Å². The van der Waals surface area contributed by atoms with E-state index < -0.39 is 0 Å². The van der Waals surface area contributed by atoms with Crippen LogP contribution in [0.5, 0.6) is 0 Å². The molecule has 3 nitrogen and oxygen atoms in total. The Labute approximate surface area is 177 Å². The van der Waals surface area contributed by atoms with E-state index >= 15 is 0 Å². The standard InChI is InChI=1S/C22H18IN3S/c23-18-8-4-7-17(11-18)13-25-22-20(12-24)19-9-10-26(15-21(19)27-22)14-16-5-2-1-3-6-16/h1-8,11,13H,9-10,14-15H2. The predicted octanol–water partition coefficient (Wildman–Crippen LogP) is 5.53. The van der Waals surface area contributed by atoms with Crippen LogP contribution in [0.15, 0.2) is 59.6 Å². The average Bonchev–Trinajstić information content (AvgIpc) is 3.04. The lowest BCUT2D eigenvalue weighted by atomic mass is 10.0. The molecule has 1 aliphatic heterocycles. The van der Waals surface area contributed by atoms with Crippen LogP contribution in [0.4, 0.5) is 5.00 Å². The van der Waals surface area contributed by atoms with E-state index in [1.54, 1.807) is 11.3 Å². The Morgan fingerprint density at radius 2 is 2.04 bits per heavy atom. The molecule has 0 bridgehead atoms. The molecule has 1 aromatic heterocycles. The van der Waals surface area contributed by atoms with Crippen LogP contribution in [0.25, 0.3) is 0 Å². The van der Waals surface area contributed by atoms with Gasteiger partial charge < -0.3 is 0 Å². The topological polar surface area (TPSA) is 39.4 Å². The van der Waals surface area contributed by atoms with E-state index in [1.807, 2.05) is 24.4 Å². The number of aliphatic imine (C=N–C) groups is 1. The third-order valence-corrected chi connectivity index (χ3v) is 6.45. The second-order valence-corrected chi connectivity index (χ2v) is 8.88. The van der Waals surface area contributed by atoms with Crippen LogP contribution in [-0.4, -0.2) is 17.7 Å². The van der Waals surface area contributed by atoms with Gasteiger partial charge >= 0.3 is 0 Å². The molecule has 0 saturated heterocycles. The number of fused-ring (bicyclic) bond motifs is 1. The SMILES string of the molecule is N#Cc1c(N=Cc2cccc(I)c2)sc2c1CCN(Cc1ccccc1)C2. The summed E-state index contributed by atoms with van der Waals surface area (Å²) < 4.78 is 1.18. The molecule has 2 aromatic carbocycles. The van der Waals surface area contributed by atoms with Crippen LogP contribution >= 0.6 is 33.9 Å². The summed E-state index contributed by atoms with van der Waals surface area (Å²) in [4.78, 5) is 8.38. The molecule has 0 fully saturated rings. The third kappa shape index (κ3) is 4.29. The maximum atomic E-state index is 9.67. The molecule has 0 aliphatic carbocycles. The van der Waals surface area contributed by atoms with Crippen LogP contribution in [-0.2, 0) is 19.5 Å². The minimum Gasteiger partial charge on any atom is -0.294 e. The molecule has 0 radical (unpaired) electrons. The third-order valence-electron chi connectivity index (χ3n) is 4.66. The van der Waals surface area contributed by atoms with Gasteiger partial charge in [0.05, 0.1) is 5.56 Å². The van der Waals surface area contributed by atoms with E-state index in [2.05, 4.69) is 75.0 Å². The minimum atomic E-state index is 0.760. The van der Waals surface area contributed by atoms with E-state index in [-0.39, 0.29) is 0 Å². The highest BCUT2D eigenvalue weighted by molar-refractivity contribution is 14.1. The molecule has 4 rings (SSSR count). The first-order chi connectivity index (χ1) is 13.2. The number of nitriles is 1. The van der Waals surface area contributed by atoms with Gasteiger partial charge in [-0.2, -0.15) is 5.26 Å². The van der Waals surface area contributed by atoms with Gasteiger partial charge in [0, 0.05) is 34.3 Å². The number of hydrogen-bond donors (Lipinski definition) is 0. The molecule has 134 valence electrons. The van der Waals surface area contributed by atoms with Crippen molar-refractivity contribution < 1.29 is 0 Å². The van der Waals surface area contributed by atoms with Crippen LogP contribution in [0.3, 0.4) is 0 Å². The zero-order valence-corrected chi connectivity index (χ0v) is 17.7. The second-order valence-electron chi connectivity index (χ2n) is 6.56. The summed E-state index contributed by atoms with van der Waals surface area (Å²) in [6, 6.07) is 21.2. The van der Waals surface area contributed by atoms with Crippen molar-refractivity contribution in [2.24, 2.45) is 4.99 Å². The lowest BCUT2D eigenvalue weighted by Crippen LogP contribution is -2.29. The Morgan fingerprint density at radius 1 is 1.19 bits per heavy atom. The zero-order chi connectivity index (χ0) is 18.6. The number of halogens is 1. The fourth-order valence-electron chi connectivity index (χ4n) is 3.34. The number of nitrogens with zero attached hydrogens (tertiary/aromatic N) is 3. The van der Waals surface area contributed by atoms with Crippen molar-refractivity contribution >= 4 is 45.1 Å². The first-order valence-corrected chi connectivity index (χ1v) is 10.7. The van der Waals surface area contributed by atoms with Gasteiger partial charge in [-0.15, -0.1) is 11.3 Å². The van der Waals surface area contributed by atoms with E-state index in [1.165, 1.54) is 19.6 Å². The van der Waals surface area contributed by atoms with Crippen LogP contribution in [0, 0.1) is 14.9 Å². The van der Waals surface area contributed by atoms with Crippen LogP contribution in [0.1, 0.15) is 27.1 Å². The molecule has 27 heavy (non-hydrogen) atoms. The van der Waals surface area contributed by atoms with Crippen LogP contribution < -0.4 is 0 Å². The molecule has 1 aliphatic rings. The van der Waals surface area contributed by atoms with Gasteiger partial charge in [0.1, 0.15) is 11.1 Å². The monoisotopic (exact) mass is 483 g/mol. The lowest BCUT2D eigenvalue weighted by molar-refractivity contribution is 0.249. The maximum absolute atomic E-state index is 9.67. The fraction of sp³-hybridized carbons (Fsp3) is 0.182. The Bertz CT molecular complexity index is 1020. The van der Waals surface area contributed by atoms with E-state index in [9.17, 15) is 5.26 Å². The van der Waals surface area contributed by atoms with Crippen molar-refractivity contribution in [3.8, 4) is 6.07 Å². The second kappa shape index (κ2) is 8.34. The molecule has 0 amide bonds. The molecular formula is C22H18IN3S. The zero-order valence-electron chi connectivity index (χ0n) is 14.7. The van der Waals surface area contributed by atoms with E-state index in [0.717, 1.165) is 42.2 Å². The van der Waals surface area contributed by atoms with Crippen molar-refractivity contribution in [2.75, 3.05) is 6.54 Å². The van der Waals surface area contributed by atoms with Crippen LogP contribution in [0.2, 0.25) is 0 Å². The van der Waals surface area contributed by atoms with Crippen molar-refractivity contribution in [3.63, 3.8) is 0 Å². The summed E-state index contributed by atoms with van der Waals surface area (Å²) in [5.41, 5.74) is 4.34. The molecule has 3 aromatic rings. The Kier molecular flexibility index (Phi) is 5.67. The average molecular weight is 483 g/mol. The summed E-state index contributed by atoms with van der Waals surface area (Å²) in [6.45, 7) is 2.82. The smallest absolute Gasteiger partial charge is 0.134 e. The number of benzene rings is 2. The Hall–Kier alpha value is -2.01. The number of rotatable bonds is 4. The van der Waals surface area contributed by atoms with Gasteiger partial charge in [-0.25, -0.2) is 4.99 Å². The minimum absolute atomic E-state index is 0.760. The van der Waals surface area contributed by atoms with Gasteiger partial charge in [-0.05, 0) is 57.8 Å². The quantitative estimate of drug-likeness (QED) is 0.362. The summed E-state index contributed by atoms with van der Waals surface area (Å²) in [5, 5.41) is 10.5. The largest absolute Gasteiger partial charge is 0.294 e. The highest BCUT2D eigenvalue weighted by Crippen LogP contribution is 2.38. The molecule has 0 spiro atoms. The Balaban J connectivity index is 1.55. The molecule has 0 atom stereocenters. The molecule has 5 heteroatoms. The molecular weight excluding hydrogens is 465 g/mol. The van der Waals surface area contributed by atoms with Crippen molar-refractivity contribution in [1.29, 1.82) is 5.26 Å². The number of hydrogen-bond acceptors (Lipinski definition) is 4. The van der Waals surface area contributed by atoms with E-state index in [0.29, 0.717) is 0 Å². The summed E-state index contributed by atoms with van der Waals surface area (Å²) in [6.07, 6.45) is 2.78. The van der Waals surface area contributed by atoms with Gasteiger partial charge in [-0.1, -0.05) is 42.5 Å². The molecule has 0 N–H and O–H groups in total. The summed E-state index contributed by atoms with van der Waals surface area (Å²) in [7, 11) is 0. The molecule has 0 saturated carbocycles.